The minimum Gasteiger partial charge on any atom is -0.384 e. The zero-order valence-electron chi connectivity index (χ0n) is 4.26. The van der Waals surface area contributed by atoms with Crippen LogP contribution in [0.2, 0.25) is 0 Å². The molecule has 0 aromatic carbocycles. The van der Waals surface area contributed by atoms with Gasteiger partial charge in [0, 0.05) is 0 Å². The van der Waals surface area contributed by atoms with Crippen molar-refractivity contribution >= 4 is 17.4 Å². The Labute approximate surface area is 52.8 Å². The van der Waals surface area contributed by atoms with E-state index in [0.29, 0.717) is 0 Å². The van der Waals surface area contributed by atoms with Crippen molar-refractivity contribution in [3.05, 3.63) is 12.2 Å². The molecule has 4 heteroatoms. The van der Waals surface area contributed by atoms with Gasteiger partial charge in [0.1, 0.15) is 5.84 Å². The molecule has 0 spiro atoms. The van der Waals surface area contributed by atoms with Crippen molar-refractivity contribution in [1.29, 1.82) is 5.41 Å². The van der Waals surface area contributed by atoms with E-state index in [1.807, 2.05) is 0 Å². The Morgan fingerprint density at radius 3 is 2.38 bits per heavy atom. The van der Waals surface area contributed by atoms with Crippen LogP contribution in [0.15, 0.2) is 12.2 Å². The summed E-state index contributed by atoms with van der Waals surface area (Å²) in [6.07, 6.45) is 2.78. The molecule has 3 nitrogen and oxygen atoms in total. The molecule has 0 aliphatic heterocycles. The van der Waals surface area contributed by atoms with Crippen LogP contribution in [-0.4, -0.2) is 11.3 Å². The average Bonchev–Trinajstić information content (AvgIpc) is 1.61. The highest BCUT2D eigenvalue weighted by molar-refractivity contribution is 6.21. The summed E-state index contributed by atoms with van der Waals surface area (Å²) >= 11 is 5.26. The lowest BCUT2D eigenvalue weighted by Crippen LogP contribution is -2.10. The van der Waals surface area contributed by atoms with Gasteiger partial charge in [-0.25, -0.2) is 0 Å². The van der Waals surface area contributed by atoms with Gasteiger partial charge in [-0.3, -0.25) is 5.41 Å². The van der Waals surface area contributed by atoms with E-state index >= 15 is 0 Å². The molecule has 5 N–H and O–H groups in total. The number of rotatable bonds is 2. The Kier molecular flexibility index (Phi) is 3.23. The molecule has 0 radical (unpaired) electrons. The molecule has 1 atom stereocenters. The van der Waals surface area contributed by atoms with Gasteiger partial charge in [-0.05, 0) is 12.2 Å². The molecule has 0 bridgehead atoms. The summed E-state index contributed by atoms with van der Waals surface area (Å²) in [5.41, 5.74) is 9.45. The van der Waals surface area contributed by atoms with Crippen LogP contribution < -0.4 is 11.5 Å². The van der Waals surface area contributed by atoms with Gasteiger partial charge in [-0.2, -0.15) is 0 Å². The maximum atomic E-state index is 6.66. The van der Waals surface area contributed by atoms with Crippen LogP contribution in [0.1, 0.15) is 0 Å². The largest absolute Gasteiger partial charge is 0.384 e. The predicted octanol–water partition coefficient (Wildman–Crippen LogP) is 0.00217. The van der Waals surface area contributed by atoms with E-state index in [9.17, 15) is 0 Å². The summed E-state index contributed by atoms with van der Waals surface area (Å²) in [6, 6.07) is 0. The molecule has 0 fully saturated rings. The van der Waals surface area contributed by atoms with Gasteiger partial charge < -0.3 is 11.5 Å². The molecule has 46 valence electrons. The van der Waals surface area contributed by atoms with Crippen molar-refractivity contribution in [1.82, 2.24) is 0 Å². The number of nitrogens with two attached hydrogens (primary N) is 2. The van der Waals surface area contributed by atoms with Crippen LogP contribution in [-0.2, 0) is 0 Å². The van der Waals surface area contributed by atoms with Gasteiger partial charge in [0.25, 0.3) is 0 Å². The van der Waals surface area contributed by atoms with Gasteiger partial charge in [0.15, 0.2) is 0 Å². The van der Waals surface area contributed by atoms with E-state index in [0.717, 1.165) is 0 Å². The highest BCUT2D eigenvalue weighted by atomic mass is 35.5. The Morgan fingerprint density at radius 2 is 2.25 bits per heavy atom. The Hall–Kier alpha value is -0.540. The predicted molar refractivity (Wildman–Crippen MR) is 34.9 cm³/mol. The normalized spacial score (nSPS) is 14.2. The van der Waals surface area contributed by atoms with E-state index in [4.69, 9.17) is 28.5 Å². The van der Waals surface area contributed by atoms with E-state index in [-0.39, 0.29) is 5.84 Å². The molecule has 0 aliphatic carbocycles. The monoisotopic (exact) mass is 133 g/mol. The molecular formula is C4H8ClN3. The zero-order valence-corrected chi connectivity index (χ0v) is 5.02. The van der Waals surface area contributed by atoms with Crippen LogP contribution in [0.4, 0.5) is 0 Å². The van der Waals surface area contributed by atoms with E-state index in [1.165, 1.54) is 12.2 Å². The van der Waals surface area contributed by atoms with Crippen LogP contribution in [0, 0.1) is 5.41 Å². The Bertz CT molecular complexity index is 108. The third-order valence-electron chi connectivity index (χ3n) is 0.460. The maximum absolute atomic E-state index is 6.66. The summed E-state index contributed by atoms with van der Waals surface area (Å²) in [5, 5.41) is 6.66. The summed E-state index contributed by atoms with van der Waals surface area (Å²) in [6.45, 7) is 0. The SMILES string of the molecule is N=C(N)/C=C\C(N)Cl. The van der Waals surface area contributed by atoms with Gasteiger partial charge in [-0.15, -0.1) is 11.6 Å². The first-order valence-corrected chi connectivity index (χ1v) is 2.48. The highest BCUT2D eigenvalue weighted by Crippen LogP contribution is 1.85. The molecular weight excluding hydrogens is 126 g/mol. The van der Waals surface area contributed by atoms with E-state index < -0.39 is 5.50 Å². The van der Waals surface area contributed by atoms with Crippen molar-refractivity contribution in [2.75, 3.05) is 0 Å². The van der Waals surface area contributed by atoms with Crippen molar-refractivity contribution in [3.8, 4) is 0 Å². The van der Waals surface area contributed by atoms with Crippen molar-refractivity contribution in [2.45, 2.75) is 5.50 Å². The number of alkyl halides is 1. The Morgan fingerprint density at radius 1 is 1.75 bits per heavy atom. The van der Waals surface area contributed by atoms with Gasteiger partial charge in [0.2, 0.25) is 0 Å². The van der Waals surface area contributed by atoms with E-state index in [2.05, 4.69) is 0 Å². The topological polar surface area (TPSA) is 75.9 Å². The lowest BCUT2D eigenvalue weighted by Gasteiger charge is -1.88. The highest BCUT2D eigenvalue weighted by Gasteiger charge is 1.84. The number of halogens is 1. The molecule has 1 unspecified atom stereocenters. The van der Waals surface area contributed by atoms with Crippen LogP contribution >= 0.6 is 11.6 Å². The molecule has 0 aromatic rings. The van der Waals surface area contributed by atoms with Gasteiger partial charge in [-0.1, -0.05) is 0 Å². The van der Waals surface area contributed by atoms with Crippen molar-refractivity contribution in [3.63, 3.8) is 0 Å². The summed E-state index contributed by atoms with van der Waals surface area (Å²) in [7, 11) is 0. The third kappa shape index (κ3) is 5.46. The van der Waals surface area contributed by atoms with Crippen LogP contribution in [0.3, 0.4) is 0 Å². The number of amidine groups is 1. The molecule has 0 amide bonds. The smallest absolute Gasteiger partial charge is 0.115 e. The second kappa shape index (κ2) is 3.46. The number of nitrogens with one attached hydrogen (secondary N) is 1. The summed E-state index contributed by atoms with van der Waals surface area (Å²) < 4.78 is 0. The molecule has 8 heavy (non-hydrogen) atoms. The molecule has 0 aromatic heterocycles. The van der Waals surface area contributed by atoms with Crippen LogP contribution in [0.5, 0.6) is 0 Å². The summed E-state index contributed by atoms with van der Waals surface area (Å²) in [4.78, 5) is 0. The molecule has 0 aliphatic rings. The lowest BCUT2D eigenvalue weighted by atomic mass is 10.5. The molecule has 0 saturated heterocycles. The quantitative estimate of drug-likeness (QED) is 0.215. The van der Waals surface area contributed by atoms with E-state index in [1.54, 1.807) is 0 Å². The number of hydrogen-bond donors (Lipinski definition) is 3. The fraction of sp³-hybridized carbons (Fsp3) is 0.250. The average molecular weight is 134 g/mol. The van der Waals surface area contributed by atoms with Crippen molar-refractivity contribution in [2.24, 2.45) is 11.5 Å². The molecule has 0 heterocycles. The second-order valence-corrected chi connectivity index (χ2v) is 1.76. The van der Waals surface area contributed by atoms with Crippen LogP contribution in [0.25, 0.3) is 0 Å². The zero-order chi connectivity index (χ0) is 6.57. The number of hydrogen-bond acceptors (Lipinski definition) is 2. The van der Waals surface area contributed by atoms with Gasteiger partial charge in [0.05, 0.1) is 5.50 Å². The first-order valence-electron chi connectivity index (χ1n) is 2.05. The fourth-order valence-corrected chi connectivity index (χ4v) is 0.268. The summed E-state index contributed by atoms with van der Waals surface area (Å²) in [5.74, 6) is -0.0406. The standard InChI is InChI=1S/C4H8ClN3/c5-3(6)1-2-4(7)8/h1-3H,6H2,(H3,7,8)/b2-1-. The Balaban J connectivity index is 3.50. The maximum Gasteiger partial charge on any atom is 0.115 e. The first-order chi connectivity index (χ1) is 3.63. The van der Waals surface area contributed by atoms with Gasteiger partial charge >= 0.3 is 0 Å². The minimum absolute atomic E-state index is 0.0406. The lowest BCUT2D eigenvalue weighted by molar-refractivity contribution is 1.15. The molecule has 0 saturated carbocycles. The fourth-order valence-electron chi connectivity index (χ4n) is 0.196. The second-order valence-electron chi connectivity index (χ2n) is 1.26. The molecule has 0 rings (SSSR count). The van der Waals surface area contributed by atoms with Crippen molar-refractivity contribution < 1.29 is 0 Å². The third-order valence-corrected chi connectivity index (χ3v) is 0.605. The first kappa shape index (κ1) is 7.46. The minimum atomic E-state index is -0.543.